The van der Waals surface area contributed by atoms with E-state index in [4.69, 9.17) is 16.3 Å². The molecule has 1 aromatic carbocycles. The average molecular weight is 388 g/mol. The fraction of sp³-hybridized carbons (Fsp3) is 0.350. The third-order valence-electron chi connectivity index (χ3n) is 4.37. The first-order valence-electron chi connectivity index (χ1n) is 9.11. The van der Waals surface area contributed by atoms with Crippen LogP contribution in [0.3, 0.4) is 0 Å². The molecule has 0 unspecified atom stereocenters. The molecule has 2 aromatic rings. The highest BCUT2D eigenvalue weighted by atomic mass is 35.5. The zero-order valence-electron chi connectivity index (χ0n) is 15.0. The Kier molecular flexibility index (Phi) is 6.65. The number of hydrogen-bond acceptors (Lipinski definition) is 4. The first-order chi connectivity index (χ1) is 13.1. The van der Waals surface area contributed by atoms with Crippen LogP contribution in [0.25, 0.3) is 0 Å². The fourth-order valence-electron chi connectivity index (χ4n) is 2.92. The molecule has 1 saturated heterocycles. The number of aromatic nitrogens is 1. The molecule has 1 fully saturated rings. The van der Waals surface area contributed by atoms with Crippen LogP contribution in [-0.2, 0) is 9.59 Å². The molecule has 0 spiro atoms. The predicted molar refractivity (Wildman–Crippen MR) is 104 cm³/mol. The quantitative estimate of drug-likeness (QED) is 0.799. The van der Waals surface area contributed by atoms with Crippen LogP contribution in [0.2, 0.25) is 5.02 Å². The second-order valence-corrected chi connectivity index (χ2v) is 6.89. The summed E-state index contributed by atoms with van der Waals surface area (Å²) in [5.74, 6) is -0.136. The number of anilines is 1. The Balaban J connectivity index is 1.55. The lowest BCUT2D eigenvalue weighted by Gasteiger charge is -2.24. The summed E-state index contributed by atoms with van der Waals surface area (Å²) in [7, 11) is 0. The number of nitrogens with one attached hydrogen (secondary N) is 1. The van der Waals surface area contributed by atoms with E-state index in [0.717, 1.165) is 25.7 Å². The molecule has 1 aliphatic rings. The molecule has 7 heteroatoms. The molecule has 6 nitrogen and oxygen atoms in total. The zero-order chi connectivity index (χ0) is 19.1. The largest absolute Gasteiger partial charge is 0.439 e. The number of carbonyl (C=O) groups is 2. The van der Waals surface area contributed by atoms with Crippen molar-refractivity contribution < 1.29 is 14.3 Å². The van der Waals surface area contributed by atoms with Crippen molar-refractivity contribution in [3.63, 3.8) is 0 Å². The Bertz CT molecular complexity index is 770. The molecule has 2 heterocycles. The molecular formula is C20H22ClN3O3. The van der Waals surface area contributed by atoms with Crippen molar-refractivity contribution in [2.75, 3.05) is 18.4 Å². The van der Waals surface area contributed by atoms with Crippen LogP contribution in [0.5, 0.6) is 11.6 Å². The SMILES string of the molecule is O=C(Nc1ccc(Oc2ccc(Cl)cc2)nc1)C(=O)N1CCCCCCC1. The molecular weight excluding hydrogens is 366 g/mol. The summed E-state index contributed by atoms with van der Waals surface area (Å²) in [5.41, 5.74) is 0.448. The van der Waals surface area contributed by atoms with Gasteiger partial charge in [-0.15, -0.1) is 0 Å². The van der Waals surface area contributed by atoms with Crippen molar-refractivity contribution in [1.29, 1.82) is 0 Å². The van der Waals surface area contributed by atoms with Gasteiger partial charge in [-0.25, -0.2) is 4.98 Å². The monoisotopic (exact) mass is 387 g/mol. The molecule has 2 amide bonds. The molecule has 142 valence electrons. The van der Waals surface area contributed by atoms with E-state index in [1.54, 1.807) is 41.3 Å². The number of carbonyl (C=O) groups excluding carboxylic acids is 2. The lowest BCUT2D eigenvalue weighted by atomic mass is 10.1. The summed E-state index contributed by atoms with van der Waals surface area (Å²) in [5, 5.41) is 3.23. The minimum absolute atomic E-state index is 0.380. The van der Waals surface area contributed by atoms with Crippen molar-refractivity contribution in [2.24, 2.45) is 0 Å². The number of likely N-dealkylation sites (tertiary alicyclic amines) is 1. The van der Waals surface area contributed by atoms with Crippen molar-refractivity contribution in [1.82, 2.24) is 9.88 Å². The van der Waals surface area contributed by atoms with Crippen LogP contribution < -0.4 is 10.1 Å². The maximum atomic E-state index is 12.4. The molecule has 1 aliphatic heterocycles. The summed E-state index contributed by atoms with van der Waals surface area (Å²) in [4.78, 5) is 30.4. The Morgan fingerprint density at radius 3 is 2.26 bits per heavy atom. The molecule has 0 saturated carbocycles. The van der Waals surface area contributed by atoms with Crippen LogP contribution >= 0.6 is 11.6 Å². The van der Waals surface area contributed by atoms with Gasteiger partial charge < -0.3 is 15.0 Å². The number of nitrogens with zero attached hydrogens (tertiary/aromatic N) is 2. The topological polar surface area (TPSA) is 71.5 Å². The van der Waals surface area contributed by atoms with E-state index in [2.05, 4.69) is 10.3 Å². The number of hydrogen-bond donors (Lipinski definition) is 1. The highest BCUT2D eigenvalue weighted by molar-refractivity contribution is 6.39. The molecule has 0 atom stereocenters. The maximum absolute atomic E-state index is 12.4. The Hall–Kier alpha value is -2.60. The normalized spacial score (nSPS) is 14.8. The van der Waals surface area contributed by atoms with Gasteiger partial charge in [-0.3, -0.25) is 9.59 Å². The van der Waals surface area contributed by atoms with Gasteiger partial charge in [0.1, 0.15) is 5.75 Å². The minimum Gasteiger partial charge on any atom is -0.439 e. The number of pyridine rings is 1. The molecule has 27 heavy (non-hydrogen) atoms. The lowest BCUT2D eigenvalue weighted by Crippen LogP contribution is -2.41. The Morgan fingerprint density at radius 1 is 0.963 bits per heavy atom. The van der Waals surface area contributed by atoms with Gasteiger partial charge in [0.2, 0.25) is 5.88 Å². The van der Waals surface area contributed by atoms with E-state index in [0.29, 0.717) is 35.4 Å². The fourth-order valence-corrected chi connectivity index (χ4v) is 3.04. The van der Waals surface area contributed by atoms with Crippen LogP contribution in [0.1, 0.15) is 32.1 Å². The summed E-state index contributed by atoms with van der Waals surface area (Å²) >= 11 is 5.84. The summed E-state index contributed by atoms with van der Waals surface area (Å²) in [6.07, 6.45) is 6.75. The third kappa shape index (κ3) is 5.69. The van der Waals surface area contributed by atoms with Gasteiger partial charge in [0, 0.05) is 24.2 Å². The Morgan fingerprint density at radius 2 is 1.63 bits per heavy atom. The van der Waals surface area contributed by atoms with E-state index in [1.807, 2.05) is 0 Å². The van der Waals surface area contributed by atoms with Crippen LogP contribution in [0, 0.1) is 0 Å². The first kappa shape index (κ1) is 19.2. The number of amides is 2. The average Bonchev–Trinajstić information content (AvgIpc) is 2.64. The van der Waals surface area contributed by atoms with Gasteiger partial charge in [0.05, 0.1) is 11.9 Å². The van der Waals surface area contributed by atoms with E-state index in [-0.39, 0.29) is 0 Å². The van der Waals surface area contributed by atoms with Crippen molar-refractivity contribution >= 4 is 29.1 Å². The second kappa shape index (κ2) is 9.37. The van der Waals surface area contributed by atoms with Gasteiger partial charge >= 0.3 is 11.8 Å². The van der Waals surface area contributed by atoms with E-state index < -0.39 is 11.8 Å². The molecule has 0 aliphatic carbocycles. The Labute approximate surface area is 163 Å². The van der Waals surface area contributed by atoms with Gasteiger partial charge in [-0.1, -0.05) is 30.9 Å². The second-order valence-electron chi connectivity index (χ2n) is 6.46. The van der Waals surface area contributed by atoms with Gasteiger partial charge in [-0.05, 0) is 43.2 Å². The van der Waals surface area contributed by atoms with Gasteiger partial charge in [0.25, 0.3) is 0 Å². The summed E-state index contributed by atoms with van der Waals surface area (Å²) in [6.45, 7) is 1.27. The zero-order valence-corrected chi connectivity index (χ0v) is 15.7. The van der Waals surface area contributed by atoms with Crippen LogP contribution in [-0.4, -0.2) is 34.8 Å². The molecule has 1 N–H and O–H groups in total. The molecule has 1 aromatic heterocycles. The van der Waals surface area contributed by atoms with Crippen molar-refractivity contribution in [3.05, 3.63) is 47.6 Å². The number of rotatable bonds is 3. The molecule has 3 rings (SSSR count). The smallest absolute Gasteiger partial charge is 0.313 e. The lowest BCUT2D eigenvalue weighted by molar-refractivity contribution is -0.143. The predicted octanol–water partition coefficient (Wildman–Crippen LogP) is 4.26. The summed E-state index contributed by atoms with van der Waals surface area (Å²) < 4.78 is 5.60. The number of ether oxygens (including phenoxy) is 1. The van der Waals surface area contributed by atoms with Crippen molar-refractivity contribution in [3.8, 4) is 11.6 Å². The number of benzene rings is 1. The highest BCUT2D eigenvalue weighted by Crippen LogP contribution is 2.22. The number of halogens is 1. The highest BCUT2D eigenvalue weighted by Gasteiger charge is 2.22. The van der Waals surface area contributed by atoms with Crippen LogP contribution in [0.15, 0.2) is 42.6 Å². The molecule has 0 bridgehead atoms. The van der Waals surface area contributed by atoms with Crippen LogP contribution in [0.4, 0.5) is 5.69 Å². The molecule has 0 radical (unpaired) electrons. The standard InChI is InChI=1S/C20H22ClN3O3/c21-15-6-9-17(10-7-15)27-18-11-8-16(14-22-18)23-19(25)20(26)24-12-4-2-1-3-5-13-24/h6-11,14H,1-5,12-13H2,(H,23,25). The van der Waals surface area contributed by atoms with E-state index in [9.17, 15) is 9.59 Å². The third-order valence-corrected chi connectivity index (χ3v) is 4.62. The summed E-state index contributed by atoms with van der Waals surface area (Å²) in [6, 6.07) is 10.2. The maximum Gasteiger partial charge on any atom is 0.313 e. The van der Waals surface area contributed by atoms with E-state index in [1.165, 1.54) is 12.6 Å². The van der Waals surface area contributed by atoms with Gasteiger partial charge in [-0.2, -0.15) is 0 Å². The van der Waals surface area contributed by atoms with E-state index >= 15 is 0 Å². The van der Waals surface area contributed by atoms with Crippen molar-refractivity contribution in [2.45, 2.75) is 32.1 Å². The minimum atomic E-state index is -0.635. The first-order valence-corrected chi connectivity index (χ1v) is 9.49. The van der Waals surface area contributed by atoms with Gasteiger partial charge in [0.15, 0.2) is 0 Å².